The first-order valence-corrected chi connectivity index (χ1v) is 12.2. The predicted octanol–water partition coefficient (Wildman–Crippen LogP) is 5.27. The van der Waals surface area contributed by atoms with Gasteiger partial charge in [-0.1, -0.05) is 11.6 Å². The van der Waals surface area contributed by atoms with Gasteiger partial charge in [0.15, 0.2) is 5.15 Å². The molecule has 9 heteroatoms. The first-order chi connectivity index (χ1) is 16.3. The number of anilines is 2. The van der Waals surface area contributed by atoms with Crippen LogP contribution in [0.3, 0.4) is 0 Å². The highest BCUT2D eigenvalue weighted by molar-refractivity contribution is 6.33. The number of halogens is 1. The number of rotatable bonds is 7. The van der Waals surface area contributed by atoms with Crippen molar-refractivity contribution in [3.8, 4) is 0 Å². The zero-order valence-corrected chi connectivity index (χ0v) is 20.1. The molecule has 0 spiro atoms. The van der Waals surface area contributed by atoms with Crippen LogP contribution >= 0.6 is 11.6 Å². The van der Waals surface area contributed by atoms with Crippen LogP contribution in [0.15, 0.2) is 36.8 Å². The minimum atomic E-state index is -0.878. The van der Waals surface area contributed by atoms with E-state index in [-0.39, 0.29) is 17.0 Å². The average Bonchev–Trinajstić information content (AvgIpc) is 2.85. The molecule has 0 saturated heterocycles. The Balaban J connectivity index is 1.24. The molecule has 178 valence electrons. The molecule has 3 N–H and O–H groups in total. The van der Waals surface area contributed by atoms with Crippen molar-refractivity contribution >= 4 is 40.2 Å². The van der Waals surface area contributed by atoms with Crippen molar-refractivity contribution in [3.63, 3.8) is 0 Å². The van der Waals surface area contributed by atoms with Gasteiger partial charge in [-0.3, -0.25) is 4.79 Å². The standard InChI is InChI=1S/C25H29ClN6O2/c1-15(22(33)34)18-13-28-23(29-14-18)30-16(2)24-6-9-25(10-7-24,11-8-24)32-19-4-3-17-5-12-27-21(26)20(17)31-19/h3-5,12-16H,6-11H2,1-2H3,(H,31,32)(H,33,34)(H,28,29,30)/t15?,16-,24?,25?/m0/s1. The van der Waals surface area contributed by atoms with Crippen molar-refractivity contribution in [1.29, 1.82) is 0 Å². The van der Waals surface area contributed by atoms with E-state index < -0.39 is 11.9 Å². The van der Waals surface area contributed by atoms with Crippen molar-refractivity contribution in [2.45, 2.75) is 69.9 Å². The van der Waals surface area contributed by atoms with E-state index in [0.29, 0.717) is 16.7 Å². The van der Waals surface area contributed by atoms with Crippen molar-refractivity contribution in [3.05, 3.63) is 47.5 Å². The summed E-state index contributed by atoms with van der Waals surface area (Å²) in [5.74, 6) is -0.0925. The van der Waals surface area contributed by atoms with Crippen LogP contribution in [0.2, 0.25) is 5.15 Å². The first kappa shape index (κ1) is 22.8. The van der Waals surface area contributed by atoms with Crippen molar-refractivity contribution in [1.82, 2.24) is 19.9 Å². The third-order valence-electron chi connectivity index (χ3n) is 8.07. The van der Waals surface area contributed by atoms with Gasteiger partial charge >= 0.3 is 5.97 Å². The lowest BCUT2D eigenvalue weighted by Gasteiger charge is -2.56. The molecule has 34 heavy (non-hydrogen) atoms. The zero-order valence-electron chi connectivity index (χ0n) is 19.4. The molecule has 3 fully saturated rings. The van der Waals surface area contributed by atoms with Gasteiger partial charge in [0.1, 0.15) is 11.3 Å². The van der Waals surface area contributed by atoms with E-state index in [4.69, 9.17) is 16.6 Å². The largest absolute Gasteiger partial charge is 0.481 e. The van der Waals surface area contributed by atoms with Crippen LogP contribution in [0.5, 0.6) is 0 Å². The fourth-order valence-corrected chi connectivity index (χ4v) is 5.74. The third kappa shape index (κ3) is 4.15. The van der Waals surface area contributed by atoms with Crippen molar-refractivity contribution in [2.24, 2.45) is 5.41 Å². The summed E-state index contributed by atoms with van der Waals surface area (Å²) in [5, 5.41) is 17.8. The summed E-state index contributed by atoms with van der Waals surface area (Å²) in [5.41, 5.74) is 1.59. The Hall–Kier alpha value is -3.00. The van der Waals surface area contributed by atoms with Crippen LogP contribution in [-0.4, -0.2) is 42.6 Å². The maximum Gasteiger partial charge on any atom is 0.310 e. The third-order valence-corrected chi connectivity index (χ3v) is 8.34. The number of aromatic nitrogens is 4. The second-order valence-corrected chi connectivity index (χ2v) is 10.3. The lowest BCUT2D eigenvalue weighted by Crippen LogP contribution is -2.55. The number of fused-ring (bicyclic) bond motifs is 4. The first-order valence-electron chi connectivity index (χ1n) is 11.8. The summed E-state index contributed by atoms with van der Waals surface area (Å²) in [6.45, 7) is 3.85. The lowest BCUT2D eigenvalue weighted by molar-refractivity contribution is -0.138. The Labute approximate surface area is 203 Å². The highest BCUT2D eigenvalue weighted by atomic mass is 35.5. The molecule has 8 nitrogen and oxygen atoms in total. The summed E-state index contributed by atoms with van der Waals surface area (Å²) >= 11 is 6.26. The summed E-state index contributed by atoms with van der Waals surface area (Å²) in [7, 11) is 0. The minimum Gasteiger partial charge on any atom is -0.481 e. The van der Waals surface area contributed by atoms with E-state index in [2.05, 4.69) is 32.5 Å². The van der Waals surface area contributed by atoms with Crippen LogP contribution in [-0.2, 0) is 4.79 Å². The highest BCUT2D eigenvalue weighted by Gasteiger charge is 2.51. The number of carboxylic acid groups (broad SMARTS) is 1. The number of pyridine rings is 2. The molecule has 3 aromatic heterocycles. The number of hydrogen-bond donors (Lipinski definition) is 3. The molecule has 0 aliphatic heterocycles. The molecule has 3 aromatic rings. The topological polar surface area (TPSA) is 113 Å². The fourth-order valence-electron chi connectivity index (χ4n) is 5.53. The molecule has 3 aliphatic rings. The van der Waals surface area contributed by atoms with E-state index in [9.17, 15) is 9.90 Å². The molecule has 0 aromatic carbocycles. The van der Waals surface area contributed by atoms with Crippen LogP contribution in [0, 0.1) is 5.41 Å². The number of aliphatic carboxylic acids is 1. The van der Waals surface area contributed by atoms with Crippen molar-refractivity contribution in [2.75, 3.05) is 10.6 Å². The Morgan fingerprint density at radius 1 is 1.03 bits per heavy atom. The smallest absolute Gasteiger partial charge is 0.310 e. The molecule has 2 atom stereocenters. The summed E-state index contributed by atoms with van der Waals surface area (Å²) in [6.07, 6.45) is 11.5. The summed E-state index contributed by atoms with van der Waals surface area (Å²) in [6, 6.07) is 6.21. The Kier molecular flexibility index (Phi) is 5.80. The van der Waals surface area contributed by atoms with Gasteiger partial charge in [0.05, 0.1) is 5.92 Å². The number of hydrogen-bond acceptors (Lipinski definition) is 7. The molecular weight excluding hydrogens is 452 g/mol. The predicted molar refractivity (Wildman–Crippen MR) is 132 cm³/mol. The Morgan fingerprint density at radius 3 is 2.35 bits per heavy atom. The quantitative estimate of drug-likeness (QED) is 0.392. The Bertz CT molecular complexity index is 1190. The van der Waals surface area contributed by atoms with Gasteiger partial charge in [0.2, 0.25) is 5.95 Å². The second kappa shape index (κ2) is 8.65. The SMILES string of the molecule is CC(C(=O)O)c1cnc(N[C@@H](C)C23CCC(Nc4ccc5ccnc(Cl)c5n4)(CC2)CC3)nc1. The molecule has 3 saturated carbocycles. The molecule has 3 heterocycles. The normalized spacial score (nSPS) is 25.6. The number of carboxylic acids is 1. The highest BCUT2D eigenvalue weighted by Crippen LogP contribution is 2.55. The van der Waals surface area contributed by atoms with Gasteiger partial charge in [-0.2, -0.15) is 0 Å². The number of nitrogens with zero attached hydrogens (tertiary/aromatic N) is 4. The Morgan fingerprint density at radius 2 is 1.71 bits per heavy atom. The molecule has 2 bridgehead atoms. The van der Waals surface area contributed by atoms with Crippen LogP contribution in [0.1, 0.15) is 63.9 Å². The van der Waals surface area contributed by atoms with Gasteiger partial charge in [0, 0.05) is 41.1 Å². The fraction of sp³-hybridized carbons (Fsp3) is 0.480. The van der Waals surface area contributed by atoms with E-state index in [1.165, 1.54) is 0 Å². The van der Waals surface area contributed by atoms with Gasteiger partial charge in [0.25, 0.3) is 0 Å². The van der Waals surface area contributed by atoms with E-state index in [1.54, 1.807) is 25.5 Å². The van der Waals surface area contributed by atoms with Crippen molar-refractivity contribution < 1.29 is 9.90 Å². The molecule has 1 unspecified atom stereocenters. The second-order valence-electron chi connectivity index (χ2n) is 9.90. The van der Waals surface area contributed by atoms with Crippen LogP contribution < -0.4 is 10.6 Å². The zero-order chi connectivity index (χ0) is 23.9. The molecule has 0 amide bonds. The van der Waals surface area contributed by atoms with E-state index >= 15 is 0 Å². The molecule has 0 radical (unpaired) electrons. The van der Waals surface area contributed by atoms with Crippen LogP contribution in [0.4, 0.5) is 11.8 Å². The maximum atomic E-state index is 11.2. The molecule has 3 aliphatic carbocycles. The minimum absolute atomic E-state index is 0.0575. The summed E-state index contributed by atoms with van der Waals surface area (Å²) < 4.78 is 0. The lowest BCUT2D eigenvalue weighted by atomic mass is 9.55. The maximum absolute atomic E-state index is 11.2. The van der Waals surface area contributed by atoms with Gasteiger partial charge in [-0.05, 0) is 76.0 Å². The molecule has 6 rings (SSSR count). The average molecular weight is 481 g/mol. The van der Waals surface area contributed by atoms with Gasteiger partial charge in [-0.15, -0.1) is 0 Å². The summed E-state index contributed by atoms with van der Waals surface area (Å²) in [4.78, 5) is 28.8. The monoisotopic (exact) mass is 480 g/mol. The van der Waals surface area contributed by atoms with E-state index in [1.807, 2.05) is 18.2 Å². The number of carbonyl (C=O) groups is 1. The van der Waals surface area contributed by atoms with Crippen LogP contribution in [0.25, 0.3) is 10.9 Å². The number of nitrogens with one attached hydrogen (secondary N) is 2. The van der Waals surface area contributed by atoms with Gasteiger partial charge in [-0.25, -0.2) is 19.9 Å². The van der Waals surface area contributed by atoms with E-state index in [0.717, 1.165) is 55.2 Å². The molecular formula is C25H29ClN6O2. The van der Waals surface area contributed by atoms with Gasteiger partial charge < -0.3 is 15.7 Å².